The summed E-state index contributed by atoms with van der Waals surface area (Å²) in [6, 6.07) is 8.91. The fourth-order valence-corrected chi connectivity index (χ4v) is 3.87. The van der Waals surface area contributed by atoms with E-state index in [4.69, 9.17) is 28.3 Å². The van der Waals surface area contributed by atoms with Gasteiger partial charge < -0.3 is 0 Å². The normalized spacial score (nSPS) is 12.1. The van der Waals surface area contributed by atoms with Gasteiger partial charge in [-0.25, -0.2) is 22.0 Å². The largest absolute Gasteiger partial charge is 0.278 e. The van der Waals surface area contributed by atoms with Gasteiger partial charge in [0.05, 0.1) is 20.5 Å². The molecule has 3 N–H and O–H groups in total. The molecule has 0 radical (unpaired) electrons. The van der Waals surface area contributed by atoms with Crippen molar-refractivity contribution >= 4 is 48.9 Å². The number of halogens is 2. The Balaban J connectivity index is 2.43. The summed E-state index contributed by atoms with van der Waals surface area (Å²) in [4.78, 5) is -0.567. The van der Waals surface area contributed by atoms with Gasteiger partial charge in [0.2, 0.25) is 10.0 Å². The lowest BCUT2D eigenvalue weighted by Gasteiger charge is -2.10. The van der Waals surface area contributed by atoms with Crippen LogP contribution in [0, 0.1) is 0 Å². The lowest BCUT2D eigenvalue weighted by molar-refractivity contribution is 0.597. The van der Waals surface area contributed by atoms with Crippen LogP contribution >= 0.6 is 23.2 Å². The summed E-state index contributed by atoms with van der Waals surface area (Å²) >= 11 is 11.6. The first-order valence-electron chi connectivity index (χ1n) is 5.70. The lowest BCUT2D eigenvalue weighted by atomic mass is 10.3. The minimum atomic E-state index is -4.03. The third kappa shape index (κ3) is 3.90. The zero-order chi connectivity index (χ0) is 16.5. The number of rotatable bonds is 4. The summed E-state index contributed by atoms with van der Waals surface area (Å²) in [5.74, 6) is 0. The van der Waals surface area contributed by atoms with Gasteiger partial charge in [-0.3, -0.25) is 4.72 Å². The van der Waals surface area contributed by atoms with Gasteiger partial charge in [-0.2, -0.15) is 0 Å². The first-order valence-corrected chi connectivity index (χ1v) is 9.49. The number of nitrogens with two attached hydrogens (primary N) is 1. The molecule has 0 aliphatic carbocycles. The molecule has 0 aliphatic rings. The molecule has 0 bridgehead atoms. The molecule has 0 aromatic heterocycles. The van der Waals surface area contributed by atoms with E-state index in [-0.39, 0.29) is 20.5 Å². The second-order valence-electron chi connectivity index (χ2n) is 4.25. The number of sulfonamides is 2. The zero-order valence-electron chi connectivity index (χ0n) is 10.8. The van der Waals surface area contributed by atoms with E-state index in [0.717, 1.165) is 6.07 Å². The Labute approximate surface area is 138 Å². The maximum Gasteiger partial charge on any atom is 0.261 e. The Morgan fingerprint density at radius 1 is 0.909 bits per heavy atom. The molecule has 0 amide bonds. The van der Waals surface area contributed by atoms with Crippen LogP contribution in [0.4, 0.5) is 5.69 Å². The molecule has 0 unspecified atom stereocenters. The highest BCUT2D eigenvalue weighted by Crippen LogP contribution is 2.27. The molecule has 0 spiro atoms. The zero-order valence-corrected chi connectivity index (χ0v) is 14.0. The van der Waals surface area contributed by atoms with Crippen LogP contribution < -0.4 is 9.86 Å². The Morgan fingerprint density at radius 2 is 1.55 bits per heavy atom. The van der Waals surface area contributed by atoms with Crippen molar-refractivity contribution in [3.63, 3.8) is 0 Å². The summed E-state index contributed by atoms with van der Waals surface area (Å²) in [5.41, 5.74) is 0.118. The van der Waals surface area contributed by atoms with E-state index in [1.165, 1.54) is 36.4 Å². The van der Waals surface area contributed by atoms with Gasteiger partial charge in [0.15, 0.2) is 0 Å². The smallest absolute Gasteiger partial charge is 0.261 e. The predicted octanol–water partition coefficient (Wildman–Crippen LogP) is 2.44. The highest BCUT2D eigenvalue weighted by atomic mass is 35.5. The molecule has 118 valence electrons. The summed E-state index contributed by atoms with van der Waals surface area (Å²) in [7, 11) is -8.04. The lowest BCUT2D eigenvalue weighted by Crippen LogP contribution is -2.16. The standard InChI is InChI=1S/C12H10Cl2N2O4S2/c13-8-4-5-12(11(14)6-8)16-22(19,20)10-3-1-2-9(7-10)21(15,17)18/h1-7,16H,(H2,15,17,18). The maximum atomic E-state index is 12.3. The average molecular weight is 381 g/mol. The van der Waals surface area contributed by atoms with E-state index >= 15 is 0 Å². The van der Waals surface area contributed by atoms with Gasteiger partial charge in [0, 0.05) is 5.02 Å². The quantitative estimate of drug-likeness (QED) is 0.848. The Morgan fingerprint density at radius 3 is 2.14 bits per heavy atom. The monoisotopic (exact) mass is 380 g/mol. The predicted molar refractivity (Wildman–Crippen MR) is 85.1 cm³/mol. The van der Waals surface area contributed by atoms with Crippen LogP contribution in [0.2, 0.25) is 10.0 Å². The molecule has 2 aromatic carbocycles. The van der Waals surface area contributed by atoms with E-state index in [9.17, 15) is 16.8 Å². The molecule has 0 saturated carbocycles. The van der Waals surface area contributed by atoms with E-state index < -0.39 is 20.0 Å². The van der Waals surface area contributed by atoms with Gasteiger partial charge in [-0.15, -0.1) is 0 Å². The van der Waals surface area contributed by atoms with Gasteiger partial charge in [-0.05, 0) is 36.4 Å². The third-order valence-electron chi connectivity index (χ3n) is 2.62. The minimum Gasteiger partial charge on any atom is -0.278 e. The van der Waals surface area contributed by atoms with Crippen LogP contribution in [0.1, 0.15) is 0 Å². The molecule has 10 heteroatoms. The van der Waals surface area contributed by atoms with Crippen molar-refractivity contribution in [2.24, 2.45) is 5.14 Å². The first kappa shape index (κ1) is 17.0. The van der Waals surface area contributed by atoms with E-state index in [0.29, 0.717) is 5.02 Å². The van der Waals surface area contributed by atoms with Gasteiger partial charge in [0.25, 0.3) is 10.0 Å². The number of benzene rings is 2. The first-order chi connectivity index (χ1) is 10.1. The van der Waals surface area contributed by atoms with Crippen molar-refractivity contribution in [3.8, 4) is 0 Å². The molecule has 6 nitrogen and oxygen atoms in total. The van der Waals surface area contributed by atoms with Crippen molar-refractivity contribution < 1.29 is 16.8 Å². The van der Waals surface area contributed by atoms with Crippen molar-refractivity contribution in [2.75, 3.05) is 4.72 Å². The Hall–Kier alpha value is -1.32. The van der Waals surface area contributed by atoms with Crippen LogP contribution in [0.25, 0.3) is 0 Å². The van der Waals surface area contributed by atoms with Crippen LogP contribution in [0.15, 0.2) is 52.3 Å². The average Bonchev–Trinajstić information content (AvgIpc) is 2.41. The van der Waals surface area contributed by atoms with E-state index in [2.05, 4.69) is 4.72 Å². The molecule has 2 aromatic rings. The second kappa shape index (κ2) is 6.05. The molecule has 0 heterocycles. The van der Waals surface area contributed by atoms with Gasteiger partial charge in [0.1, 0.15) is 0 Å². The topological polar surface area (TPSA) is 106 Å². The fourth-order valence-electron chi connectivity index (χ4n) is 1.59. The van der Waals surface area contributed by atoms with Crippen LogP contribution in [0.5, 0.6) is 0 Å². The SMILES string of the molecule is NS(=O)(=O)c1cccc(S(=O)(=O)Nc2ccc(Cl)cc2Cl)c1. The number of anilines is 1. The molecule has 2 rings (SSSR count). The molecular formula is C12H10Cl2N2O4S2. The van der Waals surface area contributed by atoms with Crippen LogP contribution in [-0.2, 0) is 20.0 Å². The number of hydrogen-bond acceptors (Lipinski definition) is 4. The highest BCUT2D eigenvalue weighted by Gasteiger charge is 2.18. The van der Waals surface area contributed by atoms with Crippen molar-refractivity contribution in [3.05, 3.63) is 52.5 Å². The summed E-state index contributed by atoms with van der Waals surface area (Å²) < 4.78 is 49.4. The maximum absolute atomic E-state index is 12.3. The number of primary sulfonamides is 1. The Kier molecular flexibility index (Phi) is 4.69. The Bertz CT molecular complexity index is 928. The van der Waals surface area contributed by atoms with Crippen molar-refractivity contribution in [2.45, 2.75) is 9.79 Å². The summed E-state index contributed by atoms with van der Waals surface area (Å²) in [6.45, 7) is 0. The number of hydrogen-bond donors (Lipinski definition) is 2. The van der Waals surface area contributed by atoms with Gasteiger partial charge >= 0.3 is 0 Å². The minimum absolute atomic E-state index is 0.110. The molecule has 22 heavy (non-hydrogen) atoms. The highest BCUT2D eigenvalue weighted by molar-refractivity contribution is 7.93. The van der Waals surface area contributed by atoms with Crippen molar-refractivity contribution in [1.29, 1.82) is 0 Å². The summed E-state index contributed by atoms with van der Waals surface area (Å²) in [5, 5.41) is 5.44. The number of nitrogens with one attached hydrogen (secondary N) is 1. The van der Waals surface area contributed by atoms with Gasteiger partial charge in [-0.1, -0.05) is 29.3 Å². The molecule has 0 aliphatic heterocycles. The molecule has 0 atom stereocenters. The molecule has 0 saturated heterocycles. The fraction of sp³-hybridized carbons (Fsp3) is 0. The van der Waals surface area contributed by atoms with Crippen LogP contribution in [0.3, 0.4) is 0 Å². The third-order valence-corrected chi connectivity index (χ3v) is 5.44. The second-order valence-corrected chi connectivity index (χ2v) is 8.34. The molecular weight excluding hydrogens is 371 g/mol. The molecule has 0 fully saturated rings. The van der Waals surface area contributed by atoms with Crippen LogP contribution in [-0.4, -0.2) is 16.8 Å². The van der Waals surface area contributed by atoms with Crippen molar-refractivity contribution in [1.82, 2.24) is 0 Å². The summed E-state index contributed by atoms with van der Waals surface area (Å²) in [6.07, 6.45) is 0. The van der Waals surface area contributed by atoms with E-state index in [1.54, 1.807) is 0 Å². The van der Waals surface area contributed by atoms with E-state index in [1.807, 2.05) is 0 Å².